The van der Waals surface area contributed by atoms with Crippen molar-refractivity contribution in [2.75, 3.05) is 18.6 Å². The Kier molecular flexibility index (Phi) is 13.5. The predicted octanol–water partition coefficient (Wildman–Crippen LogP) is 4.90. The second-order valence-electron chi connectivity index (χ2n) is 9.99. The summed E-state index contributed by atoms with van der Waals surface area (Å²) in [5.41, 5.74) is 0.645. The van der Waals surface area contributed by atoms with Gasteiger partial charge in [-0.15, -0.1) is 6.42 Å². The fraction of sp³-hybridized carbons (Fsp3) is 0.607. The van der Waals surface area contributed by atoms with Gasteiger partial charge in [-0.2, -0.15) is 11.8 Å². The topological polar surface area (TPSA) is 87.7 Å². The zero-order valence-corrected chi connectivity index (χ0v) is 23.7. The van der Waals surface area contributed by atoms with Crippen molar-refractivity contribution in [2.45, 2.75) is 91.0 Å². The van der Waals surface area contributed by atoms with E-state index >= 15 is 0 Å². The molecule has 8 heteroatoms. The van der Waals surface area contributed by atoms with E-state index in [1.54, 1.807) is 61.7 Å². The lowest BCUT2D eigenvalue weighted by Crippen LogP contribution is -2.55. The van der Waals surface area contributed by atoms with Gasteiger partial charge in [0.2, 0.25) is 11.8 Å². The van der Waals surface area contributed by atoms with Crippen molar-refractivity contribution < 1.29 is 19.1 Å². The van der Waals surface area contributed by atoms with Crippen LogP contribution in [0.4, 0.5) is 4.79 Å². The number of hydrogen-bond acceptors (Lipinski definition) is 5. The highest BCUT2D eigenvalue weighted by Crippen LogP contribution is 2.26. The third-order valence-electron chi connectivity index (χ3n) is 5.41. The summed E-state index contributed by atoms with van der Waals surface area (Å²) < 4.78 is 5.41. The van der Waals surface area contributed by atoms with Crippen LogP contribution in [0.15, 0.2) is 24.3 Å². The van der Waals surface area contributed by atoms with Crippen LogP contribution in [-0.2, 0) is 14.3 Å². The summed E-state index contributed by atoms with van der Waals surface area (Å²) in [6, 6.07) is 5.07. The number of hydrogen-bond donors (Lipinski definition) is 2. The lowest BCUT2D eigenvalue weighted by atomic mass is 9.99. The lowest BCUT2D eigenvalue weighted by molar-refractivity contribution is -0.144. The number of unbranched alkanes of at least 4 members (excludes halogenated alkanes) is 2. The number of nitrogens with one attached hydrogen (secondary N) is 2. The molecular weight excluding hydrogens is 474 g/mol. The predicted molar refractivity (Wildman–Crippen MR) is 148 cm³/mol. The summed E-state index contributed by atoms with van der Waals surface area (Å²) in [5.74, 6) is 2.64. The lowest BCUT2D eigenvalue weighted by Gasteiger charge is -2.37. The van der Waals surface area contributed by atoms with Gasteiger partial charge in [0.1, 0.15) is 17.7 Å². The zero-order chi connectivity index (χ0) is 27.3. The van der Waals surface area contributed by atoms with E-state index in [0.717, 1.165) is 19.3 Å². The number of terminal acetylenes is 1. The largest absolute Gasteiger partial charge is 0.444 e. The second-order valence-corrected chi connectivity index (χ2v) is 11.0. The first-order valence-corrected chi connectivity index (χ1v) is 14.0. The molecule has 2 unspecified atom stereocenters. The fourth-order valence-corrected chi connectivity index (χ4v) is 4.16. The first-order valence-electron chi connectivity index (χ1n) is 12.6. The van der Waals surface area contributed by atoms with Gasteiger partial charge in [-0.3, -0.25) is 9.59 Å². The van der Waals surface area contributed by atoms with Crippen molar-refractivity contribution >= 4 is 29.7 Å². The van der Waals surface area contributed by atoms with Gasteiger partial charge >= 0.3 is 6.09 Å². The molecule has 0 aliphatic rings. The van der Waals surface area contributed by atoms with Gasteiger partial charge in [0.05, 0.1) is 0 Å². The standard InChI is InChI=1S/C28H43N3O4S/c1-9-11-12-18-29-25(32)24(22-15-13-21(10-2)14-16-22)31(20(3)4)26(33)23(17-19-36-8)30-27(34)35-28(5,6)7/h2,13-16,20,23-24H,9,11-12,17-19H2,1,3-8H3,(H,29,32)(H,30,34). The summed E-state index contributed by atoms with van der Waals surface area (Å²) in [6.45, 7) is 11.7. The molecule has 0 saturated heterocycles. The number of benzene rings is 1. The first kappa shape index (κ1) is 31.4. The highest BCUT2D eigenvalue weighted by atomic mass is 32.2. The minimum atomic E-state index is -0.872. The Morgan fingerprint density at radius 3 is 2.28 bits per heavy atom. The SMILES string of the molecule is C#Cc1ccc(C(C(=O)NCCCCC)N(C(=O)C(CCSC)NC(=O)OC(C)(C)C)C(C)C)cc1. The van der Waals surface area contributed by atoms with E-state index in [1.165, 1.54) is 0 Å². The van der Waals surface area contributed by atoms with Gasteiger partial charge in [0.15, 0.2) is 0 Å². The normalized spacial score (nSPS) is 12.9. The maximum absolute atomic E-state index is 13.9. The average Bonchev–Trinajstić information content (AvgIpc) is 2.81. The molecule has 0 aliphatic carbocycles. The van der Waals surface area contributed by atoms with Crippen molar-refractivity contribution in [3.05, 3.63) is 35.4 Å². The smallest absolute Gasteiger partial charge is 0.408 e. The van der Waals surface area contributed by atoms with Gasteiger partial charge in [0.25, 0.3) is 0 Å². The second kappa shape index (κ2) is 15.5. The molecule has 0 fully saturated rings. The van der Waals surface area contributed by atoms with E-state index in [9.17, 15) is 14.4 Å². The summed E-state index contributed by atoms with van der Waals surface area (Å²) >= 11 is 1.58. The molecule has 7 nitrogen and oxygen atoms in total. The molecule has 1 aromatic rings. The fourth-order valence-electron chi connectivity index (χ4n) is 3.69. The van der Waals surface area contributed by atoms with Crippen molar-refractivity contribution in [3.63, 3.8) is 0 Å². The quantitative estimate of drug-likeness (QED) is 0.287. The van der Waals surface area contributed by atoms with E-state index in [1.807, 2.05) is 20.1 Å². The van der Waals surface area contributed by atoms with Gasteiger partial charge in [-0.25, -0.2) is 4.79 Å². The monoisotopic (exact) mass is 517 g/mol. The van der Waals surface area contributed by atoms with Crippen LogP contribution in [0.5, 0.6) is 0 Å². The van der Waals surface area contributed by atoms with E-state index in [0.29, 0.717) is 29.8 Å². The Balaban J connectivity index is 3.37. The molecule has 3 amide bonds. The molecule has 0 spiro atoms. The number of thioether (sulfide) groups is 1. The summed E-state index contributed by atoms with van der Waals surface area (Å²) in [7, 11) is 0. The molecule has 0 aliphatic heterocycles. The molecule has 0 aromatic heterocycles. The molecule has 2 N–H and O–H groups in total. The zero-order valence-electron chi connectivity index (χ0n) is 22.8. The molecule has 0 heterocycles. The number of rotatable bonds is 13. The van der Waals surface area contributed by atoms with Crippen LogP contribution in [0.2, 0.25) is 0 Å². The van der Waals surface area contributed by atoms with E-state index in [2.05, 4.69) is 23.5 Å². The van der Waals surface area contributed by atoms with Crippen LogP contribution in [0, 0.1) is 12.3 Å². The number of ether oxygens (including phenoxy) is 1. The van der Waals surface area contributed by atoms with Crippen molar-refractivity contribution in [2.24, 2.45) is 0 Å². The van der Waals surface area contributed by atoms with Crippen LogP contribution in [0.1, 0.15) is 84.4 Å². The van der Waals surface area contributed by atoms with Crippen LogP contribution < -0.4 is 10.6 Å². The van der Waals surface area contributed by atoms with Gasteiger partial charge < -0.3 is 20.3 Å². The van der Waals surface area contributed by atoms with Crippen LogP contribution in [0.25, 0.3) is 0 Å². The van der Waals surface area contributed by atoms with Crippen LogP contribution in [-0.4, -0.2) is 59.0 Å². The number of carbonyl (C=O) groups is 3. The molecule has 2 atom stereocenters. The van der Waals surface area contributed by atoms with Crippen LogP contribution >= 0.6 is 11.8 Å². The van der Waals surface area contributed by atoms with E-state index in [-0.39, 0.29) is 17.9 Å². The van der Waals surface area contributed by atoms with Gasteiger partial charge in [-0.1, -0.05) is 37.8 Å². The number of amides is 3. The first-order chi connectivity index (χ1) is 16.9. The molecule has 0 saturated carbocycles. The Morgan fingerprint density at radius 1 is 1.14 bits per heavy atom. The highest BCUT2D eigenvalue weighted by molar-refractivity contribution is 7.98. The molecule has 0 radical (unpaired) electrons. The molecule has 1 rings (SSSR count). The summed E-state index contributed by atoms with van der Waals surface area (Å²) in [6.07, 6.45) is 10.1. The number of carbonyl (C=O) groups excluding carboxylic acids is 3. The Labute approximate surface area is 221 Å². The van der Waals surface area contributed by atoms with Crippen LogP contribution in [0.3, 0.4) is 0 Å². The summed E-state index contributed by atoms with van der Waals surface area (Å²) in [5, 5.41) is 5.74. The van der Waals surface area contributed by atoms with Crippen molar-refractivity contribution in [1.29, 1.82) is 0 Å². The average molecular weight is 518 g/mol. The summed E-state index contributed by atoms with van der Waals surface area (Å²) in [4.78, 5) is 41.6. The Bertz CT molecular complexity index is 888. The van der Waals surface area contributed by atoms with Crippen molar-refractivity contribution in [3.8, 4) is 12.3 Å². The maximum Gasteiger partial charge on any atom is 0.408 e. The maximum atomic E-state index is 13.9. The Morgan fingerprint density at radius 2 is 1.78 bits per heavy atom. The molecule has 1 aromatic carbocycles. The molecular formula is C28H43N3O4S. The molecule has 0 bridgehead atoms. The van der Waals surface area contributed by atoms with Crippen molar-refractivity contribution in [1.82, 2.24) is 15.5 Å². The molecule has 200 valence electrons. The van der Waals surface area contributed by atoms with E-state index < -0.39 is 23.8 Å². The third-order valence-corrected chi connectivity index (χ3v) is 6.05. The number of alkyl carbamates (subject to hydrolysis) is 1. The Hall–Kier alpha value is -2.66. The van der Waals surface area contributed by atoms with Gasteiger partial charge in [-0.05, 0) is 77.2 Å². The minimum absolute atomic E-state index is 0.262. The highest BCUT2D eigenvalue weighted by Gasteiger charge is 2.37. The van der Waals surface area contributed by atoms with Gasteiger partial charge in [0, 0.05) is 18.2 Å². The van der Waals surface area contributed by atoms with E-state index in [4.69, 9.17) is 11.2 Å². The minimum Gasteiger partial charge on any atom is -0.444 e. The number of nitrogens with zero attached hydrogens (tertiary/aromatic N) is 1. The third kappa shape index (κ3) is 10.5. The molecule has 36 heavy (non-hydrogen) atoms.